The molecule has 0 fully saturated rings. The molecule has 9 heteroatoms. The van der Waals surface area contributed by atoms with Gasteiger partial charge in [0, 0.05) is 22.9 Å². The molecule has 1 aromatic heterocycles. The van der Waals surface area contributed by atoms with Crippen molar-refractivity contribution in [2.45, 2.75) is 38.4 Å². The number of allylic oxidation sites excluding steroid dienone is 1. The maximum atomic E-state index is 12.5. The van der Waals surface area contributed by atoms with E-state index in [2.05, 4.69) is 34.3 Å². The average molecular weight is 484 g/mol. The van der Waals surface area contributed by atoms with Crippen molar-refractivity contribution in [2.24, 2.45) is 0 Å². The van der Waals surface area contributed by atoms with Gasteiger partial charge in [0.05, 0.1) is 12.2 Å². The van der Waals surface area contributed by atoms with Crippen LogP contribution < -0.4 is 10.6 Å². The first-order valence-corrected chi connectivity index (χ1v) is 11.9. The molecule has 0 aliphatic heterocycles. The Bertz CT molecular complexity index is 1140. The number of aromatic nitrogens is 3. The second-order valence-electron chi connectivity index (χ2n) is 7.37. The number of anilines is 2. The van der Waals surface area contributed by atoms with Gasteiger partial charge < -0.3 is 15.2 Å². The predicted molar refractivity (Wildman–Crippen MR) is 134 cm³/mol. The lowest BCUT2D eigenvalue weighted by Crippen LogP contribution is -2.18. The van der Waals surface area contributed by atoms with E-state index in [-0.39, 0.29) is 24.0 Å². The van der Waals surface area contributed by atoms with Crippen LogP contribution in [0.4, 0.5) is 11.4 Å². The number of carbonyl (C=O) groups excluding carboxylic acids is 2. The van der Waals surface area contributed by atoms with E-state index in [1.165, 1.54) is 17.3 Å². The van der Waals surface area contributed by atoms with Gasteiger partial charge in [-0.05, 0) is 48.7 Å². The largest absolute Gasteiger partial charge is 0.326 e. The molecular weight excluding hydrogens is 458 g/mol. The monoisotopic (exact) mass is 483 g/mol. The van der Waals surface area contributed by atoms with Crippen molar-refractivity contribution in [1.82, 2.24) is 14.8 Å². The van der Waals surface area contributed by atoms with Gasteiger partial charge in [0.2, 0.25) is 11.8 Å². The average Bonchev–Trinajstić information content (AvgIpc) is 3.16. The van der Waals surface area contributed by atoms with Gasteiger partial charge in [-0.3, -0.25) is 9.59 Å². The Balaban J connectivity index is 1.60. The summed E-state index contributed by atoms with van der Waals surface area (Å²) in [6.45, 7) is 8.17. The number of amides is 2. The van der Waals surface area contributed by atoms with Gasteiger partial charge in [-0.25, -0.2) is 0 Å². The standard InChI is InChI=1S/C24H26ClN5O2S/c1-4-12-30-21(14-22(31)27-19-9-6-16(3)20(25)13-19)28-29-24(30)33-15-23(32)26-18-10-7-17(5-2)8-11-18/h4,6-11,13H,1,5,12,14-15H2,2-3H3,(H,26,32)(H,27,31). The molecule has 3 rings (SSSR count). The van der Waals surface area contributed by atoms with E-state index in [1.54, 1.807) is 22.8 Å². The molecule has 2 aromatic carbocycles. The molecule has 172 valence electrons. The van der Waals surface area contributed by atoms with Crippen LogP contribution in [0.5, 0.6) is 0 Å². The third-order valence-corrected chi connectivity index (χ3v) is 6.23. The van der Waals surface area contributed by atoms with Crippen LogP contribution in [0.15, 0.2) is 60.3 Å². The van der Waals surface area contributed by atoms with Crippen molar-refractivity contribution >= 4 is 46.6 Å². The highest BCUT2D eigenvalue weighted by atomic mass is 35.5. The molecule has 0 unspecified atom stereocenters. The van der Waals surface area contributed by atoms with Crippen LogP contribution in [-0.2, 0) is 29.0 Å². The summed E-state index contributed by atoms with van der Waals surface area (Å²) in [5.74, 6) is 0.271. The molecule has 3 aromatic rings. The molecular formula is C24H26ClN5O2S. The normalized spacial score (nSPS) is 10.6. The number of hydrogen-bond donors (Lipinski definition) is 2. The molecule has 1 heterocycles. The number of nitrogens with one attached hydrogen (secondary N) is 2. The fourth-order valence-electron chi connectivity index (χ4n) is 3.04. The fourth-order valence-corrected chi connectivity index (χ4v) is 3.99. The Hall–Kier alpha value is -3.10. The molecule has 0 aliphatic rings. The molecule has 0 saturated heterocycles. The molecule has 2 N–H and O–H groups in total. The van der Waals surface area contributed by atoms with Crippen molar-refractivity contribution < 1.29 is 9.59 Å². The molecule has 33 heavy (non-hydrogen) atoms. The van der Waals surface area contributed by atoms with E-state index in [9.17, 15) is 9.59 Å². The number of carbonyl (C=O) groups is 2. The summed E-state index contributed by atoms with van der Waals surface area (Å²) in [6.07, 6.45) is 2.68. The Morgan fingerprint density at radius 2 is 1.79 bits per heavy atom. The zero-order valence-electron chi connectivity index (χ0n) is 18.6. The molecule has 0 bridgehead atoms. The van der Waals surface area contributed by atoms with Crippen LogP contribution >= 0.6 is 23.4 Å². The number of thioether (sulfide) groups is 1. The lowest BCUT2D eigenvalue weighted by atomic mass is 10.1. The number of benzene rings is 2. The molecule has 2 amide bonds. The Morgan fingerprint density at radius 1 is 1.09 bits per heavy atom. The zero-order chi connectivity index (χ0) is 23.8. The van der Waals surface area contributed by atoms with Gasteiger partial charge in [-0.1, -0.05) is 54.6 Å². The summed E-state index contributed by atoms with van der Waals surface area (Å²) in [7, 11) is 0. The van der Waals surface area contributed by atoms with E-state index in [4.69, 9.17) is 11.6 Å². The SMILES string of the molecule is C=CCn1c(CC(=O)Nc2ccc(C)c(Cl)c2)nnc1SCC(=O)Nc1ccc(CC)cc1. The summed E-state index contributed by atoms with van der Waals surface area (Å²) in [6, 6.07) is 13.1. The molecule has 0 atom stereocenters. The predicted octanol–water partition coefficient (Wildman–Crippen LogP) is 4.90. The van der Waals surface area contributed by atoms with Crippen LogP contribution in [0.3, 0.4) is 0 Å². The first-order valence-electron chi connectivity index (χ1n) is 10.5. The maximum Gasteiger partial charge on any atom is 0.234 e. The highest BCUT2D eigenvalue weighted by Crippen LogP contribution is 2.21. The highest BCUT2D eigenvalue weighted by Gasteiger charge is 2.16. The van der Waals surface area contributed by atoms with E-state index < -0.39 is 0 Å². The fraction of sp³-hybridized carbons (Fsp3) is 0.250. The quantitative estimate of drug-likeness (QED) is 0.316. The van der Waals surface area contributed by atoms with Crippen molar-refractivity contribution in [3.05, 3.63) is 77.1 Å². The Morgan fingerprint density at radius 3 is 2.45 bits per heavy atom. The van der Waals surface area contributed by atoms with Gasteiger partial charge >= 0.3 is 0 Å². The first-order chi connectivity index (χ1) is 15.9. The van der Waals surface area contributed by atoms with Gasteiger partial charge in [0.1, 0.15) is 5.82 Å². The molecule has 0 saturated carbocycles. The third kappa shape index (κ3) is 6.94. The molecule has 0 spiro atoms. The number of hydrogen-bond acceptors (Lipinski definition) is 5. The summed E-state index contributed by atoms with van der Waals surface area (Å²) >= 11 is 7.39. The summed E-state index contributed by atoms with van der Waals surface area (Å²) < 4.78 is 1.78. The van der Waals surface area contributed by atoms with E-state index in [0.29, 0.717) is 28.2 Å². The van der Waals surface area contributed by atoms with Crippen molar-refractivity contribution in [1.29, 1.82) is 0 Å². The lowest BCUT2D eigenvalue weighted by molar-refractivity contribution is -0.116. The zero-order valence-corrected chi connectivity index (χ0v) is 20.2. The minimum absolute atomic E-state index is 0.0306. The van der Waals surface area contributed by atoms with Crippen molar-refractivity contribution in [3.8, 4) is 0 Å². The van der Waals surface area contributed by atoms with Crippen LogP contribution in [0.1, 0.15) is 23.9 Å². The van der Waals surface area contributed by atoms with E-state index in [1.807, 2.05) is 37.3 Å². The van der Waals surface area contributed by atoms with Crippen molar-refractivity contribution in [2.75, 3.05) is 16.4 Å². The van der Waals surface area contributed by atoms with Gasteiger partial charge in [-0.15, -0.1) is 16.8 Å². The van der Waals surface area contributed by atoms with E-state index in [0.717, 1.165) is 17.7 Å². The van der Waals surface area contributed by atoms with Crippen molar-refractivity contribution in [3.63, 3.8) is 0 Å². The van der Waals surface area contributed by atoms with Gasteiger partial charge in [0.15, 0.2) is 5.16 Å². The summed E-state index contributed by atoms with van der Waals surface area (Å²) in [5.41, 5.74) is 3.51. The molecule has 0 aliphatic carbocycles. The van der Waals surface area contributed by atoms with Gasteiger partial charge in [0.25, 0.3) is 0 Å². The van der Waals surface area contributed by atoms with Gasteiger partial charge in [-0.2, -0.15) is 0 Å². The number of halogens is 1. The van der Waals surface area contributed by atoms with E-state index >= 15 is 0 Å². The van der Waals surface area contributed by atoms with Crippen LogP contribution in [-0.4, -0.2) is 32.3 Å². The summed E-state index contributed by atoms with van der Waals surface area (Å²) in [4.78, 5) is 24.9. The Labute approximate surface area is 202 Å². The number of aryl methyl sites for hydroxylation is 2. The van der Waals surface area contributed by atoms with Crippen LogP contribution in [0, 0.1) is 6.92 Å². The topological polar surface area (TPSA) is 88.9 Å². The Kier molecular flexibility index (Phi) is 8.68. The summed E-state index contributed by atoms with van der Waals surface area (Å²) in [5, 5.41) is 15.2. The third-order valence-electron chi connectivity index (χ3n) is 4.86. The second-order valence-corrected chi connectivity index (χ2v) is 8.72. The second kappa shape index (κ2) is 11.7. The molecule has 7 nitrogen and oxygen atoms in total. The number of nitrogens with zero attached hydrogens (tertiary/aromatic N) is 3. The highest BCUT2D eigenvalue weighted by molar-refractivity contribution is 7.99. The lowest BCUT2D eigenvalue weighted by Gasteiger charge is -2.09. The van der Waals surface area contributed by atoms with Crippen LogP contribution in [0.25, 0.3) is 0 Å². The smallest absolute Gasteiger partial charge is 0.234 e. The minimum Gasteiger partial charge on any atom is -0.326 e. The van der Waals surface area contributed by atoms with Crippen LogP contribution in [0.2, 0.25) is 5.02 Å². The minimum atomic E-state index is -0.238. The first kappa shape index (κ1) is 24.5. The maximum absolute atomic E-state index is 12.5. The number of rotatable bonds is 10. The molecule has 0 radical (unpaired) electrons.